The van der Waals surface area contributed by atoms with E-state index in [1.807, 2.05) is 19.2 Å². The van der Waals surface area contributed by atoms with Gasteiger partial charge in [0.15, 0.2) is 11.9 Å². The molecule has 1 aromatic heterocycles. The number of allylic oxidation sites excluding steroid dienone is 2. The smallest absolute Gasteiger partial charge is 0.222 e. The number of para-hydroxylation sites is 1. The van der Waals surface area contributed by atoms with E-state index in [0.29, 0.717) is 0 Å². The van der Waals surface area contributed by atoms with E-state index < -0.39 is 0 Å². The molecule has 1 aliphatic rings. The molecular formula is C19H21N2O2+. The Hall–Kier alpha value is -2.62. The highest BCUT2D eigenvalue weighted by atomic mass is 16.3. The Morgan fingerprint density at radius 1 is 1.26 bits per heavy atom. The number of aromatic nitrogens is 1. The summed E-state index contributed by atoms with van der Waals surface area (Å²) in [5.41, 5.74) is 3.15. The van der Waals surface area contributed by atoms with E-state index in [1.54, 1.807) is 35.2 Å². The number of anilines is 1. The molecule has 4 heteroatoms. The van der Waals surface area contributed by atoms with Gasteiger partial charge in [-0.2, -0.15) is 4.57 Å². The van der Waals surface area contributed by atoms with Gasteiger partial charge >= 0.3 is 0 Å². The number of aromatic hydroxyl groups is 1. The molecule has 2 heterocycles. The first-order chi connectivity index (χ1) is 10.9. The van der Waals surface area contributed by atoms with Crippen molar-refractivity contribution in [1.29, 1.82) is 0 Å². The Balaban J connectivity index is 1.89. The van der Waals surface area contributed by atoms with E-state index in [-0.39, 0.29) is 23.5 Å². The van der Waals surface area contributed by atoms with Gasteiger partial charge in [-0.05, 0) is 17.7 Å². The number of carbonyl (C=O) groups excluding carboxylic acids is 1. The number of ketones is 1. The van der Waals surface area contributed by atoms with Crippen LogP contribution in [0.1, 0.15) is 19.4 Å². The van der Waals surface area contributed by atoms with E-state index in [0.717, 1.165) is 11.4 Å². The van der Waals surface area contributed by atoms with Crippen molar-refractivity contribution in [2.75, 3.05) is 11.9 Å². The van der Waals surface area contributed by atoms with Gasteiger partial charge in [-0.15, -0.1) is 0 Å². The molecule has 0 fully saturated rings. The van der Waals surface area contributed by atoms with Gasteiger partial charge in [-0.25, -0.2) is 0 Å². The van der Waals surface area contributed by atoms with Crippen LogP contribution in [0.25, 0.3) is 0 Å². The fraction of sp³-hybridized carbons (Fsp3) is 0.263. The number of pyridine rings is 1. The van der Waals surface area contributed by atoms with Crippen molar-refractivity contribution in [3.8, 4) is 5.75 Å². The normalized spacial score (nSPS) is 17.3. The molecule has 1 aromatic carbocycles. The van der Waals surface area contributed by atoms with Gasteiger partial charge in [0.2, 0.25) is 18.5 Å². The van der Waals surface area contributed by atoms with Crippen LogP contribution >= 0.6 is 0 Å². The second kappa shape index (κ2) is 5.54. The van der Waals surface area contributed by atoms with Crippen LogP contribution in [0.15, 0.2) is 60.6 Å². The molecule has 0 unspecified atom stereocenters. The predicted molar refractivity (Wildman–Crippen MR) is 89.3 cm³/mol. The van der Waals surface area contributed by atoms with Crippen molar-refractivity contribution in [3.05, 3.63) is 66.1 Å². The fourth-order valence-corrected chi connectivity index (χ4v) is 3.24. The van der Waals surface area contributed by atoms with Gasteiger partial charge in [-0.1, -0.05) is 32.0 Å². The largest absolute Gasteiger partial charge is 0.503 e. The van der Waals surface area contributed by atoms with Crippen LogP contribution in [0.2, 0.25) is 0 Å². The summed E-state index contributed by atoms with van der Waals surface area (Å²) >= 11 is 0. The molecule has 118 valence electrons. The van der Waals surface area contributed by atoms with E-state index in [9.17, 15) is 9.90 Å². The zero-order chi connectivity index (χ0) is 16.6. The number of hydrogen-bond donors (Lipinski definition) is 1. The number of likely N-dealkylation sites (N-methyl/N-ethyl adjacent to an activating group) is 1. The Bertz CT molecular complexity index is 793. The molecule has 0 amide bonds. The predicted octanol–water partition coefficient (Wildman–Crippen LogP) is 2.56. The maximum atomic E-state index is 12.5. The minimum absolute atomic E-state index is 0.00308. The van der Waals surface area contributed by atoms with Crippen molar-refractivity contribution < 1.29 is 14.5 Å². The molecule has 1 aliphatic heterocycles. The van der Waals surface area contributed by atoms with Crippen LogP contribution < -0.4 is 9.47 Å². The number of nitrogens with zero attached hydrogens (tertiary/aromatic N) is 2. The summed E-state index contributed by atoms with van der Waals surface area (Å²) in [5.74, 6) is 0.155. The highest BCUT2D eigenvalue weighted by Gasteiger charge is 2.38. The van der Waals surface area contributed by atoms with Crippen molar-refractivity contribution in [1.82, 2.24) is 0 Å². The molecule has 0 bridgehead atoms. The monoisotopic (exact) mass is 309 g/mol. The quantitative estimate of drug-likeness (QED) is 0.700. The van der Waals surface area contributed by atoms with Gasteiger partial charge in [0, 0.05) is 36.0 Å². The third-order valence-corrected chi connectivity index (χ3v) is 4.42. The van der Waals surface area contributed by atoms with Gasteiger partial charge in [0.1, 0.15) is 0 Å². The van der Waals surface area contributed by atoms with E-state index >= 15 is 0 Å². The number of hydrogen-bond acceptors (Lipinski definition) is 3. The molecule has 1 N–H and O–H groups in total. The first-order valence-corrected chi connectivity index (χ1v) is 7.66. The SMILES string of the molecule is CN1C(=CC(=O)C[n+]2cccc(O)c2)C(C)(C)c2ccccc21. The summed E-state index contributed by atoms with van der Waals surface area (Å²) in [4.78, 5) is 14.5. The highest BCUT2D eigenvalue weighted by Crippen LogP contribution is 2.46. The molecular weight excluding hydrogens is 288 g/mol. The zero-order valence-electron chi connectivity index (χ0n) is 13.7. The summed E-state index contributed by atoms with van der Waals surface area (Å²) in [6, 6.07) is 11.5. The summed E-state index contributed by atoms with van der Waals surface area (Å²) in [6.45, 7) is 4.48. The lowest BCUT2D eigenvalue weighted by atomic mass is 9.83. The second-order valence-electron chi connectivity index (χ2n) is 6.43. The minimum atomic E-state index is -0.204. The van der Waals surface area contributed by atoms with Crippen LogP contribution in [0, 0.1) is 0 Å². The number of carbonyl (C=O) groups is 1. The number of fused-ring (bicyclic) bond motifs is 1. The third kappa shape index (κ3) is 2.72. The molecule has 0 radical (unpaired) electrons. The summed E-state index contributed by atoms with van der Waals surface area (Å²) in [7, 11) is 1.99. The number of benzene rings is 1. The highest BCUT2D eigenvalue weighted by molar-refractivity contribution is 5.91. The minimum Gasteiger partial charge on any atom is -0.503 e. The Morgan fingerprint density at radius 3 is 2.70 bits per heavy atom. The van der Waals surface area contributed by atoms with E-state index in [2.05, 4.69) is 30.9 Å². The van der Waals surface area contributed by atoms with Gasteiger partial charge in [-0.3, -0.25) is 4.79 Å². The van der Waals surface area contributed by atoms with Crippen molar-refractivity contribution in [2.45, 2.75) is 25.8 Å². The summed E-state index contributed by atoms with van der Waals surface area (Å²) in [5, 5.41) is 9.50. The average molecular weight is 309 g/mol. The first kappa shape index (κ1) is 15.3. The lowest BCUT2D eigenvalue weighted by Gasteiger charge is -2.23. The molecule has 23 heavy (non-hydrogen) atoms. The Morgan fingerprint density at radius 2 is 2.00 bits per heavy atom. The average Bonchev–Trinajstić information content (AvgIpc) is 2.69. The zero-order valence-corrected chi connectivity index (χ0v) is 13.7. The lowest BCUT2D eigenvalue weighted by molar-refractivity contribution is -0.684. The lowest BCUT2D eigenvalue weighted by Crippen LogP contribution is -2.37. The standard InChI is InChI=1S/C19H20N2O2/c1-19(2)16-8-4-5-9-17(16)20(3)18(19)11-15(23)13-21-10-6-7-14(22)12-21/h4-12H,13H2,1-3H3/p+1. The molecule has 4 nitrogen and oxygen atoms in total. The molecule has 0 saturated heterocycles. The molecule has 2 aromatic rings. The summed E-state index contributed by atoms with van der Waals surface area (Å²) < 4.78 is 1.68. The number of rotatable bonds is 3. The summed E-state index contributed by atoms with van der Waals surface area (Å²) in [6.07, 6.45) is 5.04. The fourth-order valence-electron chi connectivity index (χ4n) is 3.24. The molecule has 0 aliphatic carbocycles. The van der Waals surface area contributed by atoms with Crippen LogP contribution in [0.5, 0.6) is 5.75 Å². The van der Waals surface area contributed by atoms with Crippen molar-refractivity contribution in [3.63, 3.8) is 0 Å². The maximum Gasteiger partial charge on any atom is 0.222 e. The van der Waals surface area contributed by atoms with Crippen LogP contribution in [0.4, 0.5) is 5.69 Å². The van der Waals surface area contributed by atoms with Gasteiger partial charge in [0.05, 0.1) is 0 Å². The van der Waals surface area contributed by atoms with E-state index in [1.165, 1.54) is 5.56 Å². The maximum absolute atomic E-state index is 12.5. The van der Waals surface area contributed by atoms with Crippen LogP contribution in [-0.2, 0) is 16.8 Å². The van der Waals surface area contributed by atoms with E-state index in [4.69, 9.17) is 0 Å². The molecule has 0 saturated carbocycles. The molecule has 3 rings (SSSR count). The molecule has 0 spiro atoms. The molecule has 0 atom stereocenters. The third-order valence-electron chi connectivity index (χ3n) is 4.42. The first-order valence-electron chi connectivity index (χ1n) is 7.66. The van der Waals surface area contributed by atoms with Crippen LogP contribution in [0.3, 0.4) is 0 Å². The van der Waals surface area contributed by atoms with Gasteiger partial charge < -0.3 is 10.0 Å². The Kier molecular flexibility index (Phi) is 3.68. The van der Waals surface area contributed by atoms with Crippen molar-refractivity contribution in [2.24, 2.45) is 0 Å². The topological polar surface area (TPSA) is 44.4 Å². The van der Waals surface area contributed by atoms with Gasteiger partial charge in [0.25, 0.3) is 0 Å². The Labute approximate surface area is 136 Å². The second-order valence-corrected chi connectivity index (χ2v) is 6.43. The van der Waals surface area contributed by atoms with Crippen LogP contribution in [-0.4, -0.2) is 17.9 Å². The van der Waals surface area contributed by atoms with Crippen molar-refractivity contribution >= 4 is 11.5 Å².